The fourth-order valence-electron chi connectivity index (χ4n) is 2.82. The van der Waals surface area contributed by atoms with Gasteiger partial charge in [0.25, 0.3) is 0 Å². The highest BCUT2D eigenvalue weighted by molar-refractivity contribution is 6.05. The molecule has 0 bridgehead atoms. The van der Waals surface area contributed by atoms with Crippen LogP contribution in [0.15, 0.2) is 18.2 Å². The Kier molecular flexibility index (Phi) is 5.50. The molecular formula is C19H21NO6. The van der Waals surface area contributed by atoms with Gasteiger partial charge in [0.05, 0.1) is 12.8 Å². The topological polar surface area (TPSA) is 106 Å². The summed E-state index contributed by atoms with van der Waals surface area (Å²) in [5, 5.41) is 9.90. The van der Waals surface area contributed by atoms with Gasteiger partial charge in [-0.3, -0.25) is 9.59 Å². The molecule has 0 unspecified atom stereocenters. The van der Waals surface area contributed by atoms with Crippen molar-refractivity contribution >= 4 is 17.5 Å². The number of carbonyl (C=O) groups is 3. The summed E-state index contributed by atoms with van der Waals surface area (Å²) in [6.45, 7) is 6.22. The molecule has 138 valence electrons. The first-order valence-electron chi connectivity index (χ1n) is 7.99. The minimum atomic E-state index is -1.10. The van der Waals surface area contributed by atoms with E-state index in [1.165, 1.54) is 39.2 Å². The molecule has 2 rings (SSSR count). The zero-order valence-electron chi connectivity index (χ0n) is 15.3. The number of phenolic OH excluding ortho intramolecular Hbond substituents is 1. The molecule has 7 nitrogen and oxygen atoms in total. The van der Waals surface area contributed by atoms with Gasteiger partial charge in [-0.25, -0.2) is 4.79 Å². The fourth-order valence-corrected chi connectivity index (χ4v) is 2.82. The van der Waals surface area contributed by atoms with E-state index in [-0.39, 0.29) is 22.8 Å². The Labute approximate surface area is 150 Å². The minimum absolute atomic E-state index is 0.0748. The highest BCUT2D eigenvalue weighted by Gasteiger charge is 2.27. The van der Waals surface area contributed by atoms with E-state index in [4.69, 9.17) is 9.47 Å². The third-order valence-corrected chi connectivity index (χ3v) is 4.11. The van der Waals surface area contributed by atoms with Gasteiger partial charge in [0, 0.05) is 17.3 Å². The first-order chi connectivity index (χ1) is 12.2. The number of ether oxygens (including phenoxy) is 2. The molecule has 1 atom stereocenters. The van der Waals surface area contributed by atoms with Crippen LogP contribution in [-0.2, 0) is 4.74 Å². The summed E-state index contributed by atoms with van der Waals surface area (Å²) < 4.78 is 10.1. The van der Waals surface area contributed by atoms with E-state index in [1.807, 2.05) is 0 Å². The highest BCUT2D eigenvalue weighted by Crippen LogP contribution is 2.25. The number of phenols is 1. The number of rotatable bonds is 6. The molecule has 0 spiro atoms. The Balaban J connectivity index is 2.21. The number of aryl methyl sites for hydroxylation is 1. The normalized spacial score (nSPS) is 11.7. The number of nitrogens with one attached hydrogen (secondary N) is 1. The molecule has 7 heteroatoms. The van der Waals surface area contributed by atoms with E-state index in [9.17, 15) is 19.5 Å². The number of hydrogen-bond acceptors (Lipinski definition) is 6. The lowest BCUT2D eigenvalue weighted by atomic mass is 10.0. The van der Waals surface area contributed by atoms with Crippen LogP contribution in [0.3, 0.4) is 0 Å². The van der Waals surface area contributed by atoms with Crippen molar-refractivity contribution in [3.63, 3.8) is 0 Å². The lowest BCUT2D eigenvalue weighted by molar-refractivity contribution is 0.0314. The van der Waals surface area contributed by atoms with Crippen molar-refractivity contribution in [2.45, 2.75) is 33.8 Å². The zero-order chi connectivity index (χ0) is 19.6. The zero-order valence-corrected chi connectivity index (χ0v) is 15.3. The van der Waals surface area contributed by atoms with E-state index < -0.39 is 17.9 Å². The SMILES string of the molecule is COc1ccc(C(=O)O[C@H](C)C(=O)c2[nH]c(C)c(C(C)=O)c2C)c(O)c1. The Morgan fingerprint density at radius 1 is 1.19 bits per heavy atom. The number of aromatic amines is 1. The number of esters is 1. The van der Waals surface area contributed by atoms with Crippen molar-refractivity contribution in [2.24, 2.45) is 0 Å². The Bertz CT molecular complexity index is 880. The fraction of sp³-hybridized carbons (Fsp3) is 0.316. The summed E-state index contributed by atoms with van der Waals surface area (Å²) in [4.78, 5) is 39.4. The van der Waals surface area contributed by atoms with Crippen LogP contribution in [0.25, 0.3) is 0 Å². The molecule has 26 heavy (non-hydrogen) atoms. The van der Waals surface area contributed by atoms with Crippen LogP contribution in [-0.4, -0.2) is 40.8 Å². The van der Waals surface area contributed by atoms with E-state index in [1.54, 1.807) is 13.8 Å². The van der Waals surface area contributed by atoms with Gasteiger partial charge in [-0.2, -0.15) is 0 Å². The largest absolute Gasteiger partial charge is 0.507 e. The smallest absolute Gasteiger partial charge is 0.342 e. The monoisotopic (exact) mass is 359 g/mol. The quantitative estimate of drug-likeness (QED) is 0.607. The van der Waals surface area contributed by atoms with Crippen molar-refractivity contribution in [3.05, 3.63) is 46.3 Å². The molecule has 1 aromatic heterocycles. The summed E-state index contributed by atoms with van der Waals surface area (Å²) in [5.74, 6) is -1.36. The number of aromatic hydroxyl groups is 1. The number of hydrogen-bond donors (Lipinski definition) is 2. The second-order valence-electron chi connectivity index (χ2n) is 5.98. The van der Waals surface area contributed by atoms with Gasteiger partial charge in [-0.1, -0.05) is 0 Å². The molecular weight excluding hydrogens is 338 g/mol. The molecule has 0 fully saturated rings. The first kappa shape index (κ1) is 19.2. The summed E-state index contributed by atoms with van der Waals surface area (Å²) in [6.07, 6.45) is -1.10. The maximum Gasteiger partial charge on any atom is 0.342 e. The van der Waals surface area contributed by atoms with Crippen LogP contribution in [0.2, 0.25) is 0 Å². The maximum absolute atomic E-state index is 12.6. The molecule has 2 aromatic rings. The molecule has 0 saturated heterocycles. The molecule has 2 N–H and O–H groups in total. The Morgan fingerprint density at radius 3 is 2.35 bits per heavy atom. The van der Waals surface area contributed by atoms with Crippen molar-refractivity contribution in [1.29, 1.82) is 0 Å². The molecule has 1 heterocycles. The van der Waals surface area contributed by atoms with Crippen molar-refractivity contribution in [3.8, 4) is 11.5 Å². The van der Waals surface area contributed by atoms with Crippen LogP contribution < -0.4 is 4.74 Å². The number of Topliss-reactive ketones (excluding diaryl/α,β-unsaturated/α-hetero) is 2. The lowest BCUT2D eigenvalue weighted by Crippen LogP contribution is -2.25. The molecule has 0 radical (unpaired) electrons. The minimum Gasteiger partial charge on any atom is -0.507 e. The van der Waals surface area contributed by atoms with Gasteiger partial charge >= 0.3 is 5.97 Å². The van der Waals surface area contributed by atoms with E-state index in [0.29, 0.717) is 22.6 Å². The second-order valence-corrected chi connectivity index (χ2v) is 5.98. The second kappa shape index (κ2) is 7.43. The Morgan fingerprint density at radius 2 is 1.85 bits per heavy atom. The Hall–Kier alpha value is -3.09. The van der Waals surface area contributed by atoms with E-state index >= 15 is 0 Å². The molecule has 0 aliphatic heterocycles. The van der Waals surface area contributed by atoms with Crippen molar-refractivity contribution in [1.82, 2.24) is 4.98 Å². The van der Waals surface area contributed by atoms with Crippen molar-refractivity contribution in [2.75, 3.05) is 7.11 Å². The van der Waals surface area contributed by atoms with Gasteiger partial charge in [0.1, 0.15) is 17.1 Å². The molecule has 1 aromatic carbocycles. The number of benzene rings is 1. The summed E-state index contributed by atoms with van der Waals surface area (Å²) in [6, 6.07) is 4.13. The van der Waals surface area contributed by atoms with Crippen LogP contribution in [0.1, 0.15) is 56.3 Å². The number of methoxy groups -OCH3 is 1. The van der Waals surface area contributed by atoms with Crippen LogP contribution in [0.4, 0.5) is 0 Å². The van der Waals surface area contributed by atoms with E-state index in [2.05, 4.69) is 4.98 Å². The number of H-pyrrole nitrogens is 1. The predicted molar refractivity (Wildman–Crippen MR) is 94.1 cm³/mol. The van der Waals surface area contributed by atoms with Gasteiger partial charge in [0.15, 0.2) is 11.9 Å². The summed E-state index contributed by atoms with van der Waals surface area (Å²) in [7, 11) is 1.43. The van der Waals surface area contributed by atoms with Crippen LogP contribution in [0.5, 0.6) is 11.5 Å². The molecule has 0 saturated carbocycles. The maximum atomic E-state index is 12.6. The highest BCUT2D eigenvalue weighted by atomic mass is 16.5. The first-order valence-corrected chi connectivity index (χ1v) is 7.99. The van der Waals surface area contributed by atoms with Crippen molar-refractivity contribution < 1.29 is 29.0 Å². The number of ketones is 2. The molecule has 0 aliphatic rings. The average Bonchev–Trinajstić information content (AvgIpc) is 2.88. The van der Waals surface area contributed by atoms with Gasteiger partial charge in [0.2, 0.25) is 5.78 Å². The third kappa shape index (κ3) is 3.61. The van der Waals surface area contributed by atoms with E-state index in [0.717, 1.165) is 0 Å². The summed E-state index contributed by atoms with van der Waals surface area (Å²) >= 11 is 0. The average molecular weight is 359 g/mol. The molecule has 0 aliphatic carbocycles. The number of aromatic nitrogens is 1. The van der Waals surface area contributed by atoms with Gasteiger partial charge < -0.3 is 19.6 Å². The van der Waals surface area contributed by atoms with Crippen LogP contribution >= 0.6 is 0 Å². The van der Waals surface area contributed by atoms with Crippen LogP contribution in [0, 0.1) is 13.8 Å². The standard InChI is InChI=1S/C19H21NO6/c1-9-16(11(3)21)10(2)20-17(9)18(23)12(4)26-19(24)14-7-6-13(25-5)8-15(14)22/h6-8,12,20,22H,1-5H3/t12-/m1/s1. The molecule has 0 amide bonds. The summed E-state index contributed by atoms with van der Waals surface area (Å²) in [5.41, 5.74) is 1.72. The number of carbonyl (C=O) groups excluding carboxylic acids is 3. The third-order valence-electron chi connectivity index (χ3n) is 4.11. The lowest BCUT2D eigenvalue weighted by Gasteiger charge is -2.13. The van der Waals surface area contributed by atoms with Gasteiger partial charge in [-0.15, -0.1) is 0 Å². The van der Waals surface area contributed by atoms with Gasteiger partial charge in [-0.05, 0) is 45.4 Å². The predicted octanol–water partition coefficient (Wildman–Crippen LogP) is 2.98.